The van der Waals surface area contributed by atoms with Crippen molar-refractivity contribution in [1.29, 1.82) is 0 Å². The molecule has 20 heavy (non-hydrogen) atoms. The summed E-state index contributed by atoms with van der Waals surface area (Å²) in [6.07, 6.45) is 8.02. The first-order valence-electron chi connectivity index (χ1n) is 6.99. The highest BCUT2D eigenvalue weighted by molar-refractivity contribution is 5.81. The van der Waals surface area contributed by atoms with Crippen LogP contribution in [0.2, 0.25) is 0 Å². The second-order valence-corrected chi connectivity index (χ2v) is 5.35. The van der Waals surface area contributed by atoms with Crippen molar-refractivity contribution in [1.82, 2.24) is 4.98 Å². The maximum atomic E-state index is 9.63. The predicted octanol–water partition coefficient (Wildman–Crippen LogP) is 2.58. The Labute approximate surface area is 119 Å². The van der Waals surface area contributed by atoms with E-state index in [0.717, 1.165) is 34.7 Å². The number of nitrogens with zero attached hydrogens (tertiary/aromatic N) is 2. The number of terminal acetylenes is 1. The molecule has 1 fully saturated rings. The number of aromatic nitrogens is 1. The minimum atomic E-state index is -0.0150. The SMILES string of the molecule is C#CCN(CC1CC1)c1nc2ccccc2cc1CO. The fraction of sp³-hybridized carbons (Fsp3) is 0.353. The zero-order valence-corrected chi connectivity index (χ0v) is 11.4. The molecular formula is C17H18N2O. The van der Waals surface area contributed by atoms with Crippen molar-refractivity contribution in [2.75, 3.05) is 18.0 Å². The summed E-state index contributed by atoms with van der Waals surface area (Å²) in [6, 6.07) is 9.97. The van der Waals surface area contributed by atoms with Crippen molar-refractivity contribution in [3.8, 4) is 12.3 Å². The summed E-state index contributed by atoms with van der Waals surface area (Å²) in [5, 5.41) is 10.7. The molecule has 0 amide bonds. The Kier molecular flexibility index (Phi) is 3.58. The van der Waals surface area contributed by atoms with E-state index < -0.39 is 0 Å². The largest absolute Gasteiger partial charge is 0.392 e. The summed E-state index contributed by atoms with van der Waals surface area (Å²) < 4.78 is 0. The molecule has 0 aliphatic heterocycles. The lowest BCUT2D eigenvalue weighted by Gasteiger charge is -2.24. The molecule has 0 saturated heterocycles. The molecule has 0 radical (unpaired) electrons. The van der Waals surface area contributed by atoms with Crippen LogP contribution >= 0.6 is 0 Å². The van der Waals surface area contributed by atoms with Gasteiger partial charge in [-0.1, -0.05) is 24.1 Å². The van der Waals surface area contributed by atoms with Gasteiger partial charge in [-0.2, -0.15) is 0 Å². The van der Waals surface area contributed by atoms with Crippen molar-refractivity contribution in [3.05, 3.63) is 35.9 Å². The Morgan fingerprint density at radius 2 is 2.15 bits per heavy atom. The van der Waals surface area contributed by atoms with Gasteiger partial charge in [0.05, 0.1) is 18.7 Å². The number of aliphatic hydroxyl groups is 1. The molecule has 2 aromatic rings. The van der Waals surface area contributed by atoms with E-state index in [4.69, 9.17) is 11.4 Å². The third kappa shape index (κ3) is 2.61. The summed E-state index contributed by atoms with van der Waals surface area (Å²) >= 11 is 0. The monoisotopic (exact) mass is 266 g/mol. The number of hydrogen-bond donors (Lipinski definition) is 1. The molecule has 3 nitrogen and oxygen atoms in total. The van der Waals surface area contributed by atoms with Gasteiger partial charge in [0.1, 0.15) is 5.82 Å². The summed E-state index contributed by atoms with van der Waals surface area (Å²) in [4.78, 5) is 6.84. The third-order valence-corrected chi connectivity index (χ3v) is 3.71. The van der Waals surface area contributed by atoms with Crippen molar-refractivity contribution < 1.29 is 5.11 Å². The number of para-hydroxylation sites is 1. The predicted molar refractivity (Wildman–Crippen MR) is 81.4 cm³/mol. The van der Waals surface area contributed by atoms with E-state index >= 15 is 0 Å². The molecule has 1 saturated carbocycles. The highest BCUT2D eigenvalue weighted by Gasteiger charge is 2.25. The molecule has 0 atom stereocenters. The molecule has 0 bridgehead atoms. The van der Waals surface area contributed by atoms with E-state index in [9.17, 15) is 5.11 Å². The number of rotatable bonds is 5. The lowest BCUT2D eigenvalue weighted by molar-refractivity contribution is 0.282. The lowest BCUT2D eigenvalue weighted by atomic mass is 10.1. The Balaban J connectivity index is 2.04. The molecule has 3 rings (SSSR count). The second kappa shape index (κ2) is 5.52. The zero-order chi connectivity index (χ0) is 13.9. The maximum absolute atomic E-state index is 9.63. The van der Waals surface area contributed by atoms with Gasteiger partial charge in [-0.25, -0.2) is 4.98 Å². The second-order valence-electron chi connectivity index (χ2n) is 5.35. The number of fused-ring (bicyclic) bond motifs is 1. The Morgan fingerprint density at radius 3 is 2.85 bits per heavy atom. The van der Waals surface area contributed by atoms with Gasteiger partial charge in [0.15, 0.2) is 0 Å². The Bertz CT molecular complexity index is 656. The molecule has 1 aliphatic rings. The van der Waals surface area contributed by atoms with Crippen LogP contribution in [0.4, 0.5) is 5.82 Å². The number of pyridine rings is 1. The van der Waals surface area contributed by atoms with Crippen LogP contribution in [0.1, 0.15) is 18.4 Å². The fourth-order valence-corrected chi connectivity index (χ4v) is 2.49. The number of aliphatic hydroxyl groups excluding tert-OH is 1. The maximum Gasteiger partial charge on any atom is 0.135 e. The molecule has 1 heterocycles. The molecular weight excluding hydrogens is 248 g/mol. The van der Waals surface area contributed by atoms with E-state index in [1.807, 2.05) is 30.3 Å². The van der Waals surface area contributed by atoms with Crippen molar-refractivity contribution in [2.45, 2.75) is 19.4 Å². The van der Waals surface area contributed by atoms with E-state index in [-0.39, 0.29) is 6.61 Å². The number of hydrogen-bond acceptors (Lipinski definition) is 3. The Morgan fingerprint density at radius 1 is 1.35 bits per heavy atom. The first-order valence-corrected chi connectivity index (χ1v) is 6.99. The Hall–Kier alpha value is -2.05. The first kappa shape index (κ1) is 13.0. The highest BCUT2D eigenvalue weighted by atomic mass is 16.3. The van der Waals surface area contributed by atoms with E-state index in [2.05, 4.69) is 10.8 Å². The van der Waals surface area contributed by atoms with Crippen LogP contribution in [-0.2, 0) is 6.61 Å². The molecule has 1 aromatic heterocycles. The van der Waals surface area contributed by atoms with Gasteiger partial charge in [0, 0.05) is 17.5 Å². The molecule has 1 aromatic carbocycles. The van der Waals surface area contributed by atoms with Crippen LogP contribution in [0.5, 0.6) is 0 Å². The van der Waals surface area contributed by atoms with E-state index in [1.54, 1.807) is 0 Å². The third-order valence-electron chi connectivity index (χ3n) is 3.71. The van der Waals surface area contributed by atoms with Gasteiger partial charge in [0.25, 0.3) is 0 Å². The minimum absolute atomic E-state index is 0.0150. The number of benzene rings is 1. The van der Waals surface area contributed by atoms with Gasteiger partial charge < -0.3 is 10.0 Å². The van der Waals surface area contributed by atoms with Gasteiger partial charge in [-0.3, -0.25) is 0 Å². The van der Waals surface area contributed by atoms with Crippen LogP contribution in [0.25, 0.3) is 10.9 Å². The van der Waals surface area contributed by atoms with E-state index in [1.165, 1.54) is 12.8 Å². The van der Waals surface area contributed by atoms with Gasteiger partial charge in [-0.15, -0.1) is 6.42 Å². The van der Waals surface area contributed by atoms with Crippen LogP contribution < -0.4 is 4.90 Å². The average Bonchev–Trinajstić information content (AvgIpc) is 3.29. The average molecular weight is 266 g/mol. The molecule has 0 spiro atoms. The number of anilines is 1. The van der Waals surface area contributed by atoms with Crippen LogP contribution in [-0.4, -0.2) is 23.2 Å². The summed E-state index contributed by atoms with van der Waals surface area (Å²) in [5.74, 6) is 4.26. The summed E-state index contributed by atoms with van der Waals surface area (Å²) in [5.41, 5.74) is 1.79. The standard InChI is InChI=1S/C17H18N2O/c1-2-9-19(11-13-7-8-13)17-15(12-20)10-14-5-3-4-6-16(14)18-17/h1,3-6,10,13,20H,7-9,11-12H2. The lowest BCUT2D eigenvalue weighted by Crippen LogP contribution is -2.28. The fourth-order valence-electron chi connectivity index (χ4n) is 2.49. The zero-order valence-electron chi connectivity index (χ0n) is 11.4. The van der Waals surface area contributed by atoms with Gasteiger partial charge in [-0.05, 0) is 30.9 Å². The van der Waals surface area contributed by atoms with Gasteiger partial charge in [0.2, 0.25) is 0 Å². The van der Waals surface area contributed by atoms with Gasteiger partial charge >= 0.3 is 0 Å². The quantitative estimate of drug-likeness (QED) is 0.845. The normalized spacial score (nSPS) is 14.2. The van der Waals surface area contributed by atoms with Crippen LogP contribution in [0.3, 0.4) is 0 Å². The topological polar surface area (TPSA) is 36.4 Å². The van der Waals surface area contributed by atoms with Crippen molar-refractivity contribution in [2.24, 2.45) is 5.92 Å². The van der Waals surface area contributed by atoms with Crippen LogP contribution in [0, 0.1) is 18.3 Å². The molecule has 1 aliphatic carbocycles. The minimum Gasteiger partial charge on any atom is -0.392 e. The molecule has 102 valence electrons. The summed E-state index contributed by atoms with van der Waals surface area (Å²) in [7, 11) is 0. The van der Waals surface area contributed by atoms with E-state index in [0.29, 0.717) is 6.54 Å². The first-order chi connectivity index (χ1) is 9.81. The summed E-state index contributed by atoms with van der Waals surface area (Å²) in [6.45, 7) is 1.45. The highest BCUT2D eigenvalue weighted by Crippen LogP contribution is 2.32. The van der Waals surface area contributed by atoms with Crippen LogP contribution in [0.15, 0.2) is 30.3 Å². The molecule has 1 N–H and O–H groups in total. The van der Waals surface area contributed by atoms with Crippen molar-refractivity contribution in [3.63, 3.8) is 0 Å². The molecule has 3 heteroatoms. The molecule has 0 unspecified atom stereocenters. The van der Waals surface area contributed by atoms with Crippen molar-refractivity contribution >= 4 is 16.7 Å². The smallest absolute Gasteiger partial charge is 0.135 e.